The predicted octanol–water partition coefficient (Wildman–Crippen LogP) is 13.1. The van der Waals surface area contributed by atoms with Gasteiger partial charge in [-0.3, -0.25) is 0 Å². The molecule has 0 nitrogen and oxygen atoms in total. The average molecular weight is 597 g/mol. The number of rotatable bonds is 2. The Morgan fingerprint density at radius 3 is 1.91 bits per heavy atom. The maximum Gasteiger partial charge on any atom is 0.0159 e. The van der Waals surface area contributed by atoms with Gasteiger partial charge in [-0.2, -0.15) is 0 Å². The van der Waals surface area contributed by atoms with E-state index in [0.29, 0.717) is 0 Å². The Morgan fingerprint density at radius 1 is 0.340 bits per heavy atom. The third-order valence-electron chi connectivity index (χ3n) is 10.8. The Labute approximate surface area is 274 Å². The number of benzene rings is 9. The fourth-order valence-corrected chi connectivity index (χ4v) is 8.58. The van der Waals surface area contributed by atoms with Crippen LogP contribution in [-0.2, 0) is 5.41 Å². The Bertz CT molecular complexity index is 2750. The standard InChI is InChI=1S/C47H32/c1-47(2)43-20-8-7-16-36(43)39-19-10-18-38-34(25-26-44(47)46(38)39)32-22-21-30-23-24-40-42(41(30)27-32)28-31-12-4-6-15-35(31)45(40)37-17-9-13-29-11-3-5-14-33(29)37/h3-28H,1-2H3. The Hall–Kier alpha value is -5.72. The fourth-order valence-electron chi connectivity index (χ4n) is 8.58. The normalized spacial score (nSPS) is 13.5. The summed E-state index contributed by atoms with van der Waals surface area (Å²) >= 11 is 0. The largest absolute Gasteiger partial charge is 0.0619 e. The quantitative estimate of drug-likeness (QED) is 0.138. The molecule has 0 heteroatoms. The van der Waals surface area contributed by atoms with Crippen LogP contribution in [0.15, 0.2) is 158 Å². The number of hydrogen-bond acceptors (Lipinski definition) is 0. The molecule has 0 bridgehead atoms. The molecule has 0 N–H and O–H groups in total. The van der Waals surface area contributed by atoms with Crippen molar-refractivity contribution in [1.29, 1.82) is 0 Å². The van der Waals surface area contributed by atoms with Gasteiger partial charge in [0.15, 0.2) is 0 Å². The van der Waals surface area contributed by atoms with E-state index >= 15 is 0 Å². The second-order valence-electron chi connectivity index (χ2n) is 13.7. The van der Waals surface area contributed by atoms with Crippen molar-refractivity contribution in [2.45, 2.75) is 19.3 Å². The van der Waals surface area contributed by atoms with Gasteiger partial charge >= 0.3 is 0 Å². The highest BCUT2D eigenvalue weighted by atomic mass is 14.4. The topological polar surface area (TPSA) is 0 Å². The minimum absolute atomic E-state index is 0.0691. The molecule has 0 amide bonds. The monoisotopic (exact) mass is 596 g/mol. The van der Waals surface area contributed by atoms with Gasteiger partial charge in [0.05, 0.1) is 0 Å². The van der Waals surface area contributed by atoms with E-state index in [1.807, 2.05) is 0 Å². The fraction of sp³-hybridized carbons (Fsp3) is 0.0638. The first-order valence-corrected chi connectivity index (χ1v) is 16.6. The van der Waals surface area contributed by atoms with Crippen LogP contribution in [0.2, 0.25) is 0 Å². The van der Waals surface area contributed by atoms with Crippen molar-refractivity contribution < 1.29 is 0 Å². The summed E-state index contributed by atoms with van der Waals surface area (Å²) in [5.41, 5.74) is 10.6. The first-order valence-electron chi connectivity index (χ1n) is 16.6. The third-order valence-corrected chi connectivity index (χ3v) is 10.8. The highest BCUT2D eigenvalue weighted by molar-refractivity contribution is 6.23. The summed E-state index contributed by atoms with van der Waals surface area (Å²) in [5, 5.41) is 13.0. The molecule has 0 unspecified atom stereocenters. The molecule has 1 aliphatic carbocycles. The van der Waals surface area contributed by atoms with Crippen molar-refractivity contribution in [2.24, 2.45) is 0 Å². The van der Waals surface area contributed by atoms with E-state index in [9.17, 15) is 0 Å². The summed E-state index contributed by atoms with van der Waals surface area (Å²) in [6.45, 7) is 4.74. The first-order chi connectivity index (χ1) is 23.1. The van der Waals surface area contributed by atoms with Gasteiger partial charge < -0.3 is 0 Å². The first kappa shape index (κ1) is 26.5. The zero-order chi connectivity index (χ0) is 31.3. The van der Waals surface area contributed by atoms with Crippen molar-refractivity contribution in [3.8, 4) is 33.4 Å². The molecule has 0 aromatic heterocycles. The zero-order valence-electron chi connectivity index (χ0n) is 26.5. The van der Waals surface area contributed by atoms with E-state index in [4.69, 9.17) is 0 Å². The molecular weight excluding hydrogens is 565 g/mol. The minimum Gasteiger partial charge on any atom is -0.0619 e. The van der Waals surface area contributed by atoms with Gasteiger partial charge in [0, 0.05) is 5.41 Å². The second-order valence-corrected chi connectivity index (χ2v) is 13.7. The van der Waals surface area contributed by atoms with E-state index in [2.05, 4.69) is 172 Å². The van der Waals surface area contributed by atoms with Crippen molar-refractivity contribution >= 4 is 53.9 Å². The van der Waals surface area contributed by atoms with Crippen LogP contribution in [-0.4, -0.2) is 0 Å². The van der Waals surface area contributed by atoms with Crippen molar-refractivity contribution in [1.82, 2.24) is 0 Å². The van der Waals surface area contributed by atoms with Crippen LogP contribution in [0.25, 0.3) is 87.2 Å². The van der Waals surface area contributed by atoms with Gasteiger partial charge in [-0.25, -0.2) is 0 Å². The lowest BCUT2D eigenvalue weighted by molar-refractivity contribution is 0.645. The zero-order valence-corrected chi connectivity index (χ0v) is 26.5. The van der Waals surface area contributed by atoms with Gasteiger partial charge in [0.1, 0.15) is 0 Å². The predicted molar refractivity (Wildman–Crippen MR) is 202 cm³/mol. The molecule has 47 heavy (non-hydrogen) atoms. The summed E-state index contributed by atoms with van der Waals surface area (Å²) in [4.78, 5) is 0. The number of hydrogen-bond donors (Lipinski definition) is 0. The van der Waals surface area contributed by atoms with Crippen LogP contribution < -0.4 is 0 Å². The summed E-state index contributed by atoms with van der Waals surface area (Å²) < 4.78 is 0. The second kappa shape index (κ2) is 9.64. The lowest BCUT2D eigenvalue weighted by Gasteiger charge is -2.35. The smallest absolute Gasteiger partial charge is 0.0159 e. The van der Waals surface area contributed by atoms with E-state index in [-0.39, 0.29) is 5.41 Å². The van der Waals surface area contributed by atoms with E-state index in [0.717, 1.165) is 0 Å². The molecule has 0 spiro atoms. The average Bonchev–Trinajstić information content (AvgIpc) is 3.12. The van der Waals surface area contributed by atoms with E-state index < -0.39 is 0 Å². The Kier molecular flexibility index (Phi) is 5.44. The molecule has 9 aromatic carbocycles. The van der Waals surface area contributed by atoms with Crippen molar-refractivity contribution in [2.75, 3.05) is 0 Å². The summed E-state index contributed by atoms with van der Waals surface area (Å²) in [6, 6.07) is 59.0. The van der Waals surface area contributed by atoms with Gasteiger partial charge in [-0.1, -0.05) is 159 Å². The lowest BCUT2D eigenvalue weighted by Crippen LogP contribution is -2.23. The van der Waals surface area contributed by atoms with E-state index in [1.165, 1.54) is 98.4 Å². The van der Waals surface area contributed by atoms with Crippen LogP contribution in [0, 0.1) is 0 Å². The van der Waals surface area contributed by atoms with E-state index in [1.54, 1.807) is 0 Å². The van der Waals surface area contributed by atoms with Crippen molar-refractivity contribution in [3.63, 3.8) is 0 Å². The molecule has 0 atom stereocenters. The minimum atomic E-state index is -0.0691. The van der Waals surface area contributed by atoms with Crippen LogP contribution in [0.1, 0.15) is 25.0 Å². The lowest BCUT2D eigenvalue weighted by atomic mass is 9.68. The molecule has 0 fully saturated rings. The molecule has 1 aliphatic rings. The molecule has 0 saturated heterocycles. The van der Waals surface area contributed by atoms with Crippen LogP contribution in [0.5, 0.6) is 0 Å². The number of fused-ring (bicyclic) bond motifs is 7. The molecule has 9 aromatic rings. The van der Waals surface area contributed by atoms with Gasteiger partial charge in [0.2, 0.25) is 0 Å². The van der Waals surface area contributed by atoms with Crippen LogP contribution in [0.4, 0.5) is 0 Å². The summed E-state index contributed by atoms with van der Waals surface area (Å²) in [6.07, 6.45) is 0. The summed E-state index contributed by atoms with van der Waals surface area (Å²) in [5.74, 6) is 0. The van der Waals surface area contributed by atoms with Crippen LogP contribution in [0.3, 0.4) is 0 Å². The van der Waals surface area contributed by atoms with Crippen molar-refractivity contribution in [3.05, 3.63) is 169 Å². The molecule has 10 rings (SSSR count). The van der Waals surface area contributed by atoms with Gasteiger partial charge in [0.25, 0.3) is 0 Å². The van der Waals surface area contributed by atoms with Crippen LogP contribution >= 0.6 is 0 Å². The highest BCUT2D eigenvalue weighted by Crippen LogP contribution is 2.50. The molecule has 220 valence electrons. The molecular formula is C47H32. The Balaban J connectivity index is 1.27. The summed E-state index contributed by atoms with van der Waals surface area (Å²) in [7, 11) is 0. The third kappa shape index (κ3) is 3.70. The molecule has 0 saturated carbocycles. The highest BCUT2D eigenvalue weighted by Gasteiger charge is 2.33. The Morgan fingerprint density at radius 2 is 1.00 bits per heavy atom. The van der Waals surface area contributed by atoms with Gasteiger partial charge in [-0.15, -0.1) is 0 Å². The molecule has 0 aliphatic heterocycles. The maximum absolute atomic E-state index is 2.44. The molecule has 0 radical (unpaired) electrons. The molecule has 0 heterocycles. The SMILES string of the molecule is CC1(C)c2ccccc2-c2cccc3c(-c4ccc5ccc6c(-c7cccc8ccccc78)c7ccccc7cc6c5c4)ccc1c23. The van der Waals surface area contributed by atoms with Gasteiger partial charge in [-0.05, 0) is 111 Å². The maximum atomic E-state index is 2.44.